The van der Waals surface area contributed by atoms with Crippen molar-refractivity contribution in [3.63, 3.8) is 0 Å². The van der Waals surface area contributed by atoms with Crippen molar-refractivity contribution in [1.82, 2.24) is 0 Å². The second-order valence-electron chi connectivity index (χ2n) is 6.26. The van der Waals surface area contributed by atoms with Crippen molar-refractivity contribution < 1.29 is 24.5 Å². The third kappa shape index (κ3) is 3.09. The van der Waals surface area contributed by atoms with Crippen molar-refractivity contribution in [2.24, 2.45) is 0 Å². The average molecular weight is 298 g/mol. The lowest BCUT2D eigenvalue weighted by atomic mass is 9.82. The van der Waals surface area contributed by atoms with E-state index in [4.69, 9.17) is 9.47 Å². The molecule has 2 rings (SSSR count). The van der Waals surface area contributed by atoms with E-state index < -0.39 is 23.9 Å². The molecular weight excluding hydrogens is 272 g/mol. The van der Waals surface area contributed by atoms with Crippen LogP contribution in [0.15, 0.2) is 11.5 Å². The minimum Gasteiger partial charge on any atom is -0.459 e. The molecule has 0 aromatic carbocycles. The van der Waals surface area contributed by atoms with E-state index in [1.54, 1.807) is 6.92 Å². The number of unbranched alkanes of at least 4 members (excludes halogenated alkanes) is 4. The fourth-order valence-corrected chi connectivity index (χ4v) is 2.94. The number of hydrogen-bond acceptors (Lipinski definition) is 5. The summed E-state index contributed by atoms with van der Waals surface area (Å²) in [5.41, 5.74) is -1.39. The summed E-state index contributed by atoms with van der Waals surface area (Å²) in [4.78, 5) is 11.9. The zero-order valence-electron chi connectivity index (χ0n) is 13.1. The standard InChI is InChI=1S/C16H26O5/c1-4-5-6-7-8-9-11-16(3,19)14(18)12-13(17)10(2)20-15(12)21-11/h10-11,14,18-19H,4-9H2,1-3H3/t10?,11-,14-,16?/m0/s1. The molecule has 0 fully saturated rings. The number of hydrogen-bond donors (Lipinski definition) is 2. The quantitative estimate of drug-likeness (QED) is 0.734. The van der Waals surface area contributed by atoms with Gasteiger partial charge in [0.2, 0.25) is 5.78 Å². The zero-order chi connectivity index (χ0) is 15.6. The van der Waals surface area contributed by atoms with Gasteiger partial charge in [-0.25, -0.2) is 0 Å². The minimum absolute atomic E-state index is 0.0785. The van der Waals surface area contributed by atoms with Crippen molar-refractivity contribution in [2.75, 3.05) is 0 Å². The predicted molar refractivity (Wildman–Crippen MR) is 77.5 cm³/mol. The Bertz CT molecular complexity index is 426. The SMILES string of the molecule is CCCCCCC[C@@H]1OC2=C(C(=O)C(C)O2)[C@H](O)C1(C)O. The number of rotatable bonds is 6. The molecule has 5 heteroatoms. The smallest absolute Gasteiger partial charge is 0.290 e. The van der Waals surface area contributed by atoms with Crippen LogP contribution in [0.2, 0.25) is 0 Å². The second kappa shape index (κ2) is 6.36. The van der Waals surface area contributed by atoms with E-state index in [2.05, 4.69) is 6.92 Å². The normalized spacial score (nSPS) is 35.5. The first-order valence-electron chi connectivity index (χ1n) is 7.91. The summed E-state index contributed by atoms with van der Waals surface area (Å²) < 4.78 is 11.0. The first-order chi connectivity index (χ1) is 9.89. The van der Waals surface area contributed by atoms with Gasteiger partial charge in [-0.1, -0.05) is 32.6 Å². The Morgan fingerprint density at radius 1 is 1.19 bits per heavy atom. The van der Waals surface area contributed by atoms with Crippen LogP contribution < -0.4 is 0 Å². The number of aliphatic hydroxyl groups excluding tert-OH is 1. The maximum Gasteiger partial charge on any atom is 0.290 e. The molecule has 0 aliphatic carbocycles. The van der Waals surface area contributed by atoms with E-state index in [1.807, 2.05) is 0 Å². The number of carbonyl (C=O) groups excluding carboxylic acids is 1. The highest BCUT2D eigenvalue weighted by Crippen LogP contribution is 2.39. The van der Waals surface area contributed by atoms with Crippen LogP contribution in [-0.2, 0) is 14.3 Å². The van der Waals surface area contributed by atoms with Gasteiger partial charge in [0.25, 0.3) is 5.95 Å². The van der Waals surface area contributed by atoms with Gasteiger partial charge < -0.3 is 19.7 Å². The third-order valence-corrected chi connectivity index (χ3v) is 4.44. The predicted octanol–water partition coefficient (Wildman–Crippen LogP) is 2.06. The fraction of sp³-hybridized carbons (Fsp3) is 0.812. The molecule has 0 saturated carbocycles. The lowest BCUT2D eigenvalue weighted by Crippen LogP contribution is -2.55. The van der Waals surface area contributed by atoms with E-state index in [1.165, 1.54) is 19.8 Å². The monoisotopic (exact) mass is 298 g/mol. The van der Waals surface area contributed by atoms with Crippen LogP contribution in [0.25, 0.3) is 0 Å². The van der Waals surface area contributed by atoms with Gasteiger partial charge in [-0.05, 0) is 26.7 Å². The van der Waals surface area contributed by atoms with E-state index >= 15 is 0 Å². The molecule has 2 unspecified atom stereocenters. The number of Topliss-reactive ketones (excluding diaryl/α,β-unsaturated/α-hetero) is 1. The fourth-order valence-electron chi connectivity index (χ4n) is 2.94. The number of carbonyl (C=O) groups is 1. The van der Waals surface area contributed by atoms with Crippen LogP contribution in [0.3, 0.4) is 0 Å². The van der Waals surface area contributed by atoms with E-state index in [0.717, 1.165) is 19.3 Å². The molecule has 0 radical (unpaired) electrons. The van der Waals surface area contributed by atoms with Crippen LogP contribution in [0.1, 0.15) is 59.3 Å². The Morgan fingerprint density at radius 3 is 2.52 bits per heavy atom. The lowest BCUT2D eigenvalue weighted by molar-refractivity contribution is -0.170. The van der Waals surface area contributed by atoms with Gasteiger partial charge >= 0.3 is 0 Å². The van der Waals surface area contributed by atoms with Crippen LogP contribution >= 0.6 is 0 Å². The molecule has 21 heavy (non-hydrogen) atoms. The van der Waals surface area contributed by atoms with Gasteiger partial charge in [0.05, 0.1) is 0 Å². The van der Waals surface area contributed by atoms with Gasteiger partial charge in [-0.15, -0.1) is 0 Å². The lowest BCUT2D eigenvalue weighted by Gasteiger charge is -2.40. The minimum atomic E-state index is -1.47. The topological polar surface area (TPSA) is 76.0 Å². The van der Waals surface area contributed by atoms with E-state index in [0.29, 0.717) is 6.42 Å². The van der Waals surface area contributed by atoms with Crippen molar-refractivity contribution in [1.29, 1.82) is 0 Å². The van der Waals surface area contributed by atoms with Gasteiger partial charge in [0, 0.05) is 0 Å². The number of ether oxygens (including phenoxy) is 2. The number of aliphatic hydroxyl groups is 2. The van der Waals surface area contributed by atoms with E-state index in [9.17, 15) is 15.0 Å². The van der Waals surface area contributed by atoms with Crippen molar-refractivity contribution >= 4 is 5.78 Å². The third-order valence-electron chi connectivity index (χ3n) is 4.44. The molecule has 2 aliphatic heterocycles. The van der Waals surface area contributed by atoms with Crippen LogP contribution in [0, 0.1) is 0 Å². The summed E-state index contributed by atoms with van der Waals surface area (Å²) in [6, 6.07) is 0. The molecule has 2 heterocycles. The van der Waals surface area contributed by atoms with Crippen molar-refractivity contribution in [2.45, 2.75) is 83.2 Å². The highest BCUT2D eigenvalue weighted by Gasteiger charge is 2.53. The largest absolute Gasteiger partial charge is 0.459 e. The highest BCUT2D eigenvalue weighted by molar-refractivity contribution is 6.01. The molecular formula is C16H26O5. The van der Waals surface area contributed by atoms with Crippen molar-refractivity contribution in [3.8, 4) is 0 Å². The Hall–Kier alpha value is -1.07. The van der Waals surface area contributed by atoms with Gasteiger partial charge in [0.15, 0.2) is 6.10 Å². The maximum absolute atomic E-state index is 11.9. The molecule has 0 amide bonds. The molecule has 0 saturated heterocycles. The first-order valence-corrected chi connectivity index (χ1v) is 7.91. The molecule has 0 aromatic heterocycles. The van der Waals surface area contributed by atoms with Crippen LogP contribution in [-0.4, -0.2) is 39.9 Å². The molecule has 0 spiro atoms. The van der Waals surface area contributed by atoms with Crippen molar-refractivity contribution in [3.05, 3.63) is 11.5 Å². The van der Waals surface area contributed by atoms with E-state index in [-0.39, 0.29) is 17.3 Å². The van der Waals surface area contributed by atoms with Gasteiger partial charge in [0.1, 0.15) is 23.4 Å². The molecule has 0 bridgehead atoms. The summed E-state index contributed by atoms with van der Waals surface area (Å²) in [6.45, 7) is 5.30. The van der Waals surface area contributed by atoms with Gasteiger partial charge in [-0.3, -0.25) is 4.79 Å². The summed E-state index contributed by atoms with van der Waals surface area (Å²) in [5.74, 6) is -0.204. The zero-order valence-corrected chi connectivity index (χ0v) is 13.1. The van der Waals surface area contributed by atoms with Crippen LogP contribution in [0.4, 0.5) is 0 Å². The molecule has 2 N–H and O–H groups in total. The molecule has 120 valence electrons. The number of ketones is 1. The first kappa shape index (κ1) is 16.3. The molecule has 2 aliphatic rings. The Balaban J connectivity index is 2.01. The maximum atomic E-state index is 11.9. The molecule has 5 nitrogen and oxygen atoms in total. The average Bonchev–Trinajstić information content (AvgIpc) is 2.70. The Morgan fingerprint density at radius 2 is 1.86 bits per heavy atom. The second-order valence-corrected chi connectivity index (χ2v) is 6.26. The summed E-state index contributed by atoms with van der Waals surface area (Å²) in [5, 5.41) is 20.9. The van der Waals surface area contributed by atoms with Crippen LogP contribution in [0.5, 0.6) is 0 Å². The summed E-state index contributed by atoms with van der Waals surface area (Å²) >= 11 is 0. The Kier molecular flexibility index (Phi) is 4.94. The molecule has 4 atom stereocenters. The molecule has 0 aromatic rings. The highest BCUT2D eigenvalue weighted by atomic mass is 16.7. The van der Waals surface area contributed by atoms with Gasteiger partial charge in [-0.2, -0.15) is 0 Å². The Labute approximate surface area is 125 Å². The summed E-state index contributed by atoms with van der Waals surface area (Å²) in [7, 11) is 0. The summed E-state index contributed by atoms with van der Waals surface area (Å²) in [6.07, 6.45) is 3.72.